The lowest BCUT2D eigenvalue weighted by Gasteiger charge is -2.35. The van der Waals surface area contributed by atoms with Gasteiger partial charge in [-0.25, -0.2) is 8.42 Å². The Morgan fingerprint density at radius 2 is 1.64 bits per heavy atom. The van der Waals surface area contributed by atoms with Gasteiger partial charge in [-0.2, -0.15) is 4.31 Å². The first kappa shape index (κ1) is 25.2. The number of amides is 1. The predicted octanol–water partition coefficient (Wildman–Crippen LogP) is 3.18. The molecule has 2 unspecified atom stereocenters. The first-order valence-corrected chi connectivity index (χ1v) is 11.9. The first-order chi connectivity index (χ1) is 14.9. The van der Waals surface area contributed by atoms with Crippen LogP contribution in [0.15, 0.2) is 65.8 Å². The zero-order valence-electron chi connectivity index (χ0n) is 17.8. The molecule has 10 heteroatoms. The molecule has 2 N–H and O–H groups in total. The lowest BCUT2D eigenvalue weighted by molar-refractivity contribution is -0.119. The topological polar surface area (TPSA) is 96.6 Å². The third kappa shape index (κ3) is 4.94. The van der Waals surface area contributed by atoms with Crippen molar-refractivity contribution in [3.8, 4) is 0 Å². The summed E-state index contributed by atoms with van der Waals surface area (Å²) in [4.78, 5) is 17.9. The van der Waals surface area contributed by atoms with Crippen LogP contribution in [0.25, 0.3) is 10.8 Å². The fourth-order valence-electron chi connectivity index (χ4n) is 4.37. The number of pyridine rings is 1. The molecule has 5 rings (SSSR count). The van der Waals surface area contributed by atoms with Crippen LogP contribution in [-0.2, 0) is 14.8 Å². The van der Waals surface area contributed by atoms with Crippen LogP contribution in [0.5, 0.6) is 0 Å². The third-order valence-electron chi connectivity index (χ3n) is 6.33. The van der Waals surface area contributed by atoms with E-state index >= 15 is 0 Å². The lowest BCUT2D eigenvalue weighted by Crippen LogP contribution is -2.48. The molecule has 1 aliphatic carbocycles. The van der Waals surface area contributed by atoms with Gasteiger partial charge in [0.25, 0.3) is 0 Å². The number of hydrogen-bond donors (Lipinski definition) is 1. The second kappa shape index (κ2) is 9.85. The van der Waals surface area contributed by atoms with Gasteiger partial charge in [-0.05, 0) is 53.6 Å². The average molecular weight is 509 g/mol. The molecule has 0 radical (unpaired) electrons. The van der Waals surface area contributed by atoms with E-state index in [1.165, 1.54) is 0 Å². The zero-order chi connectivity index (χ0) is 21.6. The molecule has 0 spiro atoms. The lowest BCUT2D eigenvalue weighted by atomic mass is 10.1. The van der Waals surface area contributed by atoms with Crippen LogP contribution in [0.2, 0.25) is 0 Å². The molecular formula is C23H26Cl2N4O3S. The number of piperazine rings is 1. The minimum Gasteiger partial charge on any atom is -0.369 e. The maximum Gasteiger partial charge on any atom is 0.243 e. The van der Waals surface area contributed by atoms with Gasteiger partial charge in [0.1, 0.15) is 0 Å². The summed E-state index contributed by atoms with van der Waals surface area (Å²) in [5.74, 6) is -0.292. The molecule has 1 aliphatic heterocycles. The molecule has 0 bridgehead atoms. The van der Waals surface area contributed by atoms with Gasteiger partial charge in [-0.3, -0.25) is 9.78 Å². The summed E-state index contributed by atoms with van der Waals surface area (Å²) >= 11 is 0. The zero-order valence-corrected chi connectivity index (χ0v) is 20.3. The Bertz CT molecular complexity index is 1250. The summed E-state index contributed by atoms with van der Waals surface area (Å²) in [7, 11) is -3.55. The summed E-state index contributed by atoms with van der Waals surface area (Å²) in [6.45, 7) is 2.14. The average Bonchev–Trinajstić information content (AvgIpc) is 3.60. The summed E-state index contributed by atoms with van der Waals surface area (Å²) in [5, 5.41) is 2.21. The Balaban J connectivity index is 0.00000153. The Morgan fingerprint density at radius 1 is 0.939 bits per heavy atom. The van der Waals surface area contributed by atoms with E-state index in [2.05, 4.69) is 22.0 Å². The molecule has 2 atom stereocenters. The summed E-state index contributed by atoms with van der Waals surface area (Å²) < 4.78 is 27.8. The van der Waals surface area contributed by atoms with Gasteiger partial charge in [0.15, 0.2) is 0 Å². The number of halogens is 2. The number of aromatic nitrogens is 1. The molecule has 1 saturated carbocycles. The van der Waals surface area contributed by atoms with Gasteiger partial charge in [0.05, 0.1) is 4.90 Å². The molecule has 2 aromatic carbocycles. The van der Waals surface area contributed by atoms with Gasteiger partial charge in [-0.15, -0.1) is 24.8 Å². The maximum absolute atomic E-state index is 13.1. The second-order valence-corrected chi connectivity index (χ2v) is 10.2. The Labute approximate surface area is 205 Å². The number of sulfonamides is 1. The molecule has 1 saturated heterocycles. The highest BCUT2D eigenvalue weighted by molar-refractivity contribution is 7.89. The van der Waals surface area contributed by atoms with Gasteiger partial charge in [0, 0.05) is 55.6 Å². The first-order valence-electron chi connectivity index (χ1n) is 10.4. The van der Waals surface area contributed by atoms with Crippen LogP contribution < -0.4 is 10.6 Å². The van der Waals surface area contributed by atoms with E-state index in [9.17, 15) is 13.2 Å². The van der Waals surface area contributed by atoms with Crippen molar-refractivity contribution in [1.29, 1.82) is 0 Å². The quantitative estimate of drug-likeness (QED) is 0.570. The molecule has 2 heterocycles. The molecule has 176 valence electrons. The predicted molar refractivity (Wildman–Crippen MR) is 134 cm³/mol. The van der Waals surface area contributed by atoms with E-state index in [0.29, 0.717) is 31.1 Å². The van der Waals surface area contributed by atoms with Gasteiger partial charge in [0.2, 0.25) is 15.9 Å². The van der Waals surface area contributed by atoms with Gasteiger partial charge >= 0.3 is 0 Å². The van der Waals surface area contributed by atoms with E-state index in [-0.39, 0.29) is 42.6 Å². The molecule has 1 aromatic heterocycles. The number of nitrogens with zero attached hydrogens (tertiary/aromatic N) is 3. The summed E-state index contributed by atoms with van der Waals surface area (Å²) in [6, 6.07) is 15.1. The SMILES string of the molecule is Cl.Cl.NC(=O)C1CC1c1ccc(S(=O)(=O)N2CCN(c3ccc4cnccc4c3)CC2)cc1. The fourth-order valence-corrected chi connectivity index (χ4v) is 5.79. The number of anilines is 1. The highest BCUT2D eigenvalue weighted by atomic mass is 35.5. The summed E-state index contributed by atoms with van der Waals surface area (Å²) in [6.07, 6.45) is 4.36. The molecular weight excluding hydrogens is 483 g/mol. The maximum atomic E-state index is 13.1. The minimum atomic E-state index is -3.55. The van der Waals surface area contributed by atoms with Crippen LogP contribution in [0.3, 0.4) is 0 Å². The van der Waals surface area contributed by atoms with Crippen LogP contribution in [0, 0.1) is 5.92 Å². The number of fused-ring (bicyclic) bond motifs is 1. The van der Waals surface area contributed by atoms with Crippen molar-refractivity contribution in [1.82, 2.24) is 9.29 Å². The van der Waals surface area contributed by atoms with Crippen molar-refractivity contribution < 1.29 is 13.2 Å². The largest absolute Gasteiger partial charge is 0.369 e. The molecule has 2 fully saturated rings. The standard InChI is InChI=1S/C23H24N4O3S.2ClH/c24-23(28)22-14-21(22)16-2-5-20(6-3-16)31(29,30)27-11-9-26(10-12-27)19-4-1-18-15-25-8-7-17(18)13-19;;/h1-8,13,15,21-22H,9-12,14H2,(H2,24,28);2*1H. The van der Waals surface area contributed by atoms with Crippen molar-refractivity contribution in [3.05, 3.63) is 66.5 Å². The number of nitrogens with two attached hydrogens (primary N) is 1. The number of hydrogen-bond acceptors (Lipinski definition) is 5. The molecule has 33 heavy (non-hydrogen) atoms. The van der Waals surface area contributed by atoms with Crippen molar-refractivity contribution >= 4 is 57.2 Å². The second-order valence-electron chi connectivity index (χ2n) is 8.22. The normalized spacial score (nSPS) is 20.5. The minimum absolute atomic E-state index is 0. The molecule has 2 aliphatic rings. The van der Waals surface area contributed by atoms with E-state index in [0.717, 1.165) is 28.4 Å². The van der Waals surface area contributed by atoms with E-state index in [1.807, 2.05) is 18.3 Å². The van der Waals surface area contributed by atoms with E-state index in [1.54, 1.807) is 34.8 Å². The molecule has 1 amide bonds. The van der Waals surface area contributed by atoms with E-state index < -0.39 is 10.0 Å². The number of primary amides is 1. The summed E-state index contributed by atoms with van der Waals surface area (Å²) in [5.41, 5.74) is 7.42. The van der Waals surface area contributed by atoms with Crippen LogP contribution in [0.4, 0.5) is 5.69 Å². The Hall–Kier alpha value is -2.39. The highest BCUT2D eigenvalue weighted by Crippen LogP contribution is 2.47. The van der Waals surface area contributed by atoms with Crippen LogP contribution in [-0.4, -0.2) is 49.8 Å². The smallest absolute Gasteiger partial charge is 0.243 e. The van der Waals surface area contributed by atoms with Crippen LogP contribution >= 0.6 is 24.8 Å². The monoisotopic (exact) mass is 508 g/mol. The number of carbonyl (C=O) groups is 1. The van der Waals surface area contributed by atoms with Gasteiger partial charge in [-0.1, -0.05) is 18.2 Å². The number of benzene rings is 2. The molecule has 3 aromatic rings. The number of carbonyl (C=O) groups excluding carboxylic acids is 1. The van der Waals surface area contributed by atoms with E-state index in [4.69, 9.17) is 5.73 Å². The molecule has 7 nitrogen and oxygen atoms in total. The highest BCUT2D eigenvalue weighted by Gasteiger charge is 2.42. The fraction of sp³-hybridized carbons (Fsp3) is 0.304. The Kier molecular flexibility index (Phi) is 7.53. The van der Waals surface area contributed by atoms with Crippen molar-refractivity contribution in [2.24, 2.45) is 11.7 Å². The van der Waals surface area contributed by atoms with Crippen molar-refractivity contribution in [2.75, 3.05) is 31.1 Å². The third-order valence-corrected chi connectivity index (χ3v) is 8.24. The number of rotatable bonds is 5. The van der Waals surface area contributed by atoms with Crippen molar-refractivity contribution in [2.45, 2.75) is 17.2 Å². The van der Waals surface area contributed by atoms with Gasteiger partial charge < -0.3 is 10.6 Å². The van der Waals surface area contributed by atoms with Crippen LogP contribution in [0.1, 0.15) is 17.9 Å². The Morgan fingerprint density at radius 3 is 2.27 bits per heavy atom. The van der Waals surface area contributed by atoms with Crippen molar-refractivity contribution in [3.63, 3.8) is 0 Å².